The molecule has 1 aliphatic rings. The summed E-state index contributed by atoms with van der Waals surface area (Å²) in [7, 11) is 0. The van der Waals surface area contributed by atoms with E-state index in [1.54, 1.807) is 0 Å². The molecule has 0 bridgehead atoms. The number of nitrogen functional groups attached to an aromatic ring is 1. The minimum atomic E-state index is 0.452. The lowest BCUT2D eigenvalue weighted by atomic mass is 10.1. The van der Waals surface area contributed by atoms with E-state index in [2.05, 4.69) is 22.9 Å². The van der Waals surface area contributed by atoms with Gasteiger partial charge in [0.25, 0.3) is 0 Å². The van der Waals surface area contributed by atoms with Gasteiger partial charge in [-0.05, 0) is 43.0 Å². The van der Waals surface area contributed by atoms with E-state index >= 15 is 0 Å². The third-order valence-corrected chi connectivity index (χ3v) is 4.26. The lowest BCUT2D eigenvalue weighted by Gasteiger charge is -2.13. The summed E-state index contributed by atoms with van der Waals surface area (Å²) in [5.74, 6) is 0. The van der Waals surface area contributed by atoms with Crippen molar-refractivity contribution in [2.24, 2.45) is 0 Å². The molecule has 16 heavy (non-hydrogen) atoms. The minimum absolute atomic E-state index is 0.452. The van der Waals surface area contributed by atoms with Crippen molar-refractivity contribution in [3.8, 4) is 0 Å². The first-order valence-electron chi connectivity index (χ1n) is 5.83. The highest BCUT2D eigenvalue weighted by molar-refractivity contribution is 9.10. The van der Waals surface area contributed by atoms with Crippen molar-refractivity contribution in [2.45, 2.75) is 45.3 Å². The summed E-state index contributed by atoms with van der Waals surface area (Å²) in [6.45, 7) is 2.72. The van der Waals surface area contributed by atoms with Crippen molar-refractivity contribution >= 4 is 21.6 Å². The Morgan fingerprint density at radius 1 is 1.38 bits per heavy atom. The molecule has 0 radical (unpaired) electrons. The fourth-order valence-electron chi connectivity index (χ4n) is 2.24. The molecule has 1 fully saturated rings. The smallest absolute Gasteiger partial charge is 0.0732 e. The van der Waals surface area contributed by atoms with Gasteiger partial charge in [0.15, 0.2) is 0 Å². The lowest BCUT2D eigenvalue weighted by Crippen LogP contribution is -2.08. The molecule has 1 aromatic rings. The number of anilines is 1. The molecule has 2 N–H and O–H groups in total. The predicted molar refractivity (Wildman–Crippen MR) is 70.3 cm³/mol. The summed E-state index contributed by atoms with van der Waals surface area (Å²) in [5.41, 5.74) is 8.97. The Hall–Kier alpha value is -0.540. The van der Waals surface area contributed by atoms with Crippen LogP contribution in [0.15, 0.2) is 16.6 Å². The van der Waals surface area contributed by atoms with Crippen molar-refractivity contribution in [3.63, 3.8) is 0 Å². The zero-order valence-electron chi connectivity index (χ0n) is 9.63. The van der Waals surface area contributed by atoms with Gasteiger partial charge in [-0.2, -0.15) is 0 Å². The van der Waals surface area contributed by atoms with Crippen LogP contribution in [0.5, 0.6) is 0 Å². The fourth-order valence-corrected chi connectivity index (χ4v) is 2.58. The molecule has 0 saturated heterocycles. The van der Waals surface area contributed by atoms with Crippen molar-refractivity contribution < 1.29 is 4.74 Å². The highest BCUT2D eigenvalue weighted by Crippen LogP contribution is 2.27. The first-order chi connectivity index (χ1) is 7.66. The van der Waals surface area contributed by atoms with Gasteiger partial charge in [0.1, 0.15) is 0 Å². The standard InChI is InChI=1S/C13H18BrNO/c1-9-6-11(15)7-10(13(9)14)8-16-12-4-2-3-5-12/h6-7,12H,2-5,8,15H2,1H3. The van der Waals surface area contributed by atoms with Gasteiger partial charge in [0.2, 0.25) is 0 Å². The van der Waals surface area contributed by atoms with Crippen LogP contribution in [0.1, 0.15) is 36.8 Å². The summed E-state index contributed by atoms with van der Waals surface area (Å²) in [6.07, 6.45) is 5.48. The fraction of sp³-hybridized carbons (Fsp3) is 0.538. The third-order valence-electron chi connectivity index (χ3n) is 3.13. The number of rotatable bonds is 3. The Kier molecular flexibility index (Phi) is 3.87. The van der Waals surface area contributed by atoms with Crippen LogP contribution in [0, 0.1) is 6.92 Å². The lowest BCUT2D eigenvalue weighted by molar-refractivity contribution is 0.0454. The van der Waals surface area contributed by atoms with E-state index in [0.29, 0.717) is 12.7 Å². The second-order valence-corrected chi connectivity index (χ2v) is 5.32. The zero-order chi connectivity index (χ0) is 11.5. The Labute approximate surface area is 105 Å². The van der Waals surface area contributed by atoms with E-state index in [-0.39, 0.29) is 0 Å². The van der Waals surface area contributed by atoms with E-state index in [1.807, 2.05) is 12.1 Å². The zero-order valence-corrected chi connectivity index (χ0v) is 11.2. The van der Waals surface area contributed by atoms with E-state index in [1.165, 1.54) is 31.2 Å². The number of ether oxygens (including phenoxy) is 1. The van der Waals surface area contributed by atoms with Crippen molar-refractivity contribution in [1.82, 2.24) is 0 Å². The van der Waals surface area contributed by atoms with Gasteiger partial charge < -0.3 is 10.5 Å². The number of hydrogen-bond donors (Lipinski definition) is 1. The topological polar surface area (TPSA) is 35.2 Å². The molecule has 1 aliphatic carbocycles. The van der Waals surface area contributed by atoms with E-state index < -0.39 is 0 Å². The largest absolute Gasteiger partial charge is 0.399 e. The molecular formula is C13H18BrNO. The first kappa shape index (κ1) is 11.9. The monoisotopic (exact) mass is 283 g/mol. The predicted octanol–water partition coefficient (Wildman–Crippen LogP) is 3.80. The highest BCUT2D eigenvalue weighted by Gasteiger charge is 2.16. The summed E-state index contributed by atoms with van der Waals surface area (Å²) in [5, 5.41) is 0. The highest BCUT2D eigenvalue weighted by atomic mass is 79.9. The quantitative estimate of drug-likeness (QED) is 0.857. The van der Waals surface area contributed by atoms with E-state index in [4.69, 9.17) is 10.5 Å². The maximum Gasteiger partial charge on any atom is 0.0732 e. The summed E-state index contributed by atoms with van der Waals surface area (Å²) < 4.78 is 7.02. The van der Waals surface area contributed by atoms with Crippen LogP contribution in [0.2, 0.25) is 0 Å². The van der Waals surface area contributed by atoms with E-state index in [9.17, 15) is 0 Å². The Morgan fingerprint density at radius 2 is 2.06 bits per heavy atom. The van der Waals surface area contributed by atoms with Gasteiger partial charge >= 0.3 is 0 Å². The molecule has 0 heterocycles. The molecule has 1 aromatic carbocycles. The Morgan fingerprint density at radius 3 is 2.75 bits per heavy atom. The average Bonchev–Trinajstić information content (AvgIpc) is 2.74. The van der Waals surface area contributed by atoms with Gasteiger partial charge in [0, 0.05) is 10.2 Å². The van der Waals surface area contributed by atoms with Crippen LogP contribution in [-0.4, -0.2) is 6.10 Å². The van der Waals surface area contributed by atoms with Gasteiger partial charge in [-0.1, -0.05) is 28.8 Å². The van der Waals surface area contributed by atoms with Crippen LogP contribution in [0.25, 0.3) is 0 Å². The average molecular weight is 284 g/mol. The van der Waals surface area contributed by atoms with Crippen LogP contribution in [0.3, 0.4) is 0 Å². The molecule has 0 aliphatic heterocycles. The molecule has 0 aromatic heterocycles. The maximum absolute atomic E-state index is 5.89. The second-order valence-electron chi connectivity index (χ2n) is 4.53. The van der Waals surface area contributed by atoms with Crippen molar-refractivity contribution in [3.05, 3.63) is 27.7 Å². The molecule has 2 rings (SSSR count). The second kappa shape index (κ2) is 5.19. The van der Waals surface area contributed by atoms with Crippen LogP contribution >= 0.6 is 15.9 Å². The first-order valence-corrected chi connectivity index (χ1v) is 6.62. The molecule has 0 atom stereocenters. The summed E-state index contributed by atoms with van der Waals surface area (Å²) in [6, 6.07) is 3.97. The van der Waals surface area contributed by atoms with Gasteiger partial charge in [0.05, 0.1) is 12.7 Å². The van der Waals surface area contributed by atoms with Crippen LogP contribution in [-0.2, 0) is 11.3 Å². The van der Waals surface area contributed by atoms with Crippen LogP contribution in [0.4, 0.5) is 5.69 Å². The minimum Gasteiger partial charge on any atom is -0.399 e. The number of nitrogens with two attached hydrogens (primary N) is 1. The van der Waals surface area contributed by atoms with E-state index in [0.717, 1.165) is 15.7 Å². The maximum atomic E-state index is 5.89. The third kappa shape index (κ3) is 2.77. The van der Waals surface area contributed by atoms with Gasteiger partial charge in [-0.25, -0.2) is 0 Å². The van der Waals surface area contributed by atoms with Crippen molar-refractivity contribution in [2.75, 3.05) is 5.73 Å². The Bertz CT molecular complexity index is 372. The molecule has 0 spiro atoms. The molecular weight excluding hydrogens is 266 g/mol. The number of halogens is 1. The summed E-state index contributed by atoms with van der Waals surface area (Å²) in [4.78, 5) is 0. The molecule has 0 amide bonds. The number of aryl methyl sites for hydroxylation is 1. The van der Waals surface area contributed by atoms with Gasteiger partial charge in [-0.3, -0.25) is 0 Å². The van der Waals surface area contributed by atoms with Gasteiger partial charge in [-0.15, -0.1) is 0 Å². The van der Waals surface area contributed by atoms with Crippen molar-refractivity contribution in [1.29, 1.82) is 0 Å². The number of benzene rings is 1. The molecule has 3 heteroatoms. The summed E-state index contributed by atoms with van der Waals surface area (Å²) >= 11 is 3.59. The normalized spacial score (nSPS) is 16.9. The number of hydrogen-bond acceptors (Lipinski definition) is 2. The van der Waals surface area contributed by atoms with Crippen LogP contribution < -0.4 is 5.73 Å². The molecule has 1 saturated carbocycles. The SMILES string of the molecule is Cc1cc(N)cc(COC2CCCC2)c1Br. The Balaban J connectivity index is 2.02. The molecule has 2 nitrogen and oxygen atoms in total. The molecule has 0 unspecified atom stereocenters. The molecule has 88 valence electrons.